The molecule has 0 radical (unpaired) electrons. The Bertz CT molecular complexity index is 759. The van der Waals surface area contributed by atoms with Crippen LogP contribution >= 0.6 is 0 Å². The molecule has 4 rings (SSSR count). The molecule has 0 aromatic rings. The topological polar surface area (TPSA) is 127 Å². The number of carboxylic acids is 1. The molecule has 0 heterocycles. The van der Waals surface area contributed by atoms with Crippen molar-refractivity contribution in [1.82, 2.24) is 5.32 Å². The van der Waals surface area contributed by atoms with Crippen LogP contribution in [-0.2, 0) is 9.59 Å². The highest BCUT2D eigenvalue weighted by Gasteiger charge is 2.65. The van der Waals surface area contributed by atoms with E-state index in [1.807, 2.05) is 0 Å². The molecule has 0 aliphatic heterocycles. The Morgan fingerprint density at radius 3 is 2.45 bits per heavy atom. The summed E-state index contributed by atoms with van der Waals surface area (Å²) >= 11 is 0. The second kappa shape index (κ2) is 9.12. The first kappa shape index (κ1) is 24.9. The molecule has 33 heavy (non-hydrogen) atoms. The molecule has 0 saturated heterocycles. The van der Waals surface area contributed by atoms with E-state index < -0.39 is 12.1 Å². The van der Waals surface area contributed by atoms with Crippen LogP contribution in [0.3, 0.4) is 0 Å². The number of carboxylic acid groups (broad SMARTS) is 1. The molecule has 0 aromatic heterocycles. The van der Waals surface area contributed by atoms with Gasteiger partial charge in [0.2, 0.25) is 5.91 Å². The SMILES string of the molecule is C[C@H](CCC(=O)NCC(=O)O)C1CCC2C3C(O)CC4C[C@H](O)CCC4(C)C3C[C@H](O)C21C. The molecule has 0 spiro atoms. The molecule has 8 unspecified atom stereocenters. The largest absolute Gasteiger partial charge is 0.480 e. The maximum Gasteiger partial charge on any atom is 0.322 e. The minimum Gasteiger partial charge on any atom is -0.480 e. The van der Waals surface area contributed by atoms with Crippen molar-refractivity contribution in [1.29, 1.82) is 0 Å². The summed E-state index contributed by atoms with van der Waals surface area (Å²) in [6.07, 6.45) is 5.86. The van der Waals surface area contributed by atoms with Gasteiger partial charge in [-0.1, -0.05) is 20.8 Å². The number of carbonyl (C=O) groups is 2. The summed E-state index contributed by atoms with van der Waals surface area (Å²) in [5.74, 6) is 0.265. The summed E-state index contributed by atoms with van der Waals surface area (Å²) in [7, 11) is 0. The van der Waals surface area contributed by atoms with E-state index in [2.05, 4.69) is 26.1 Å². The first-order chi connectivity index (χ1) is 15.5. The molecule has 4 saturated carbocycles. The van der Waals surface area contributed by atoms with Crippen LogP contribution in [-0.4, -0.2) is 57.2 Å². The van der Waals surface area contributed by atoms with Crippen LogP contribution in [0.4, 0.5) is 0 Å². The number of carbonyl (C=O) groups excluding carboxylic acids is 1. The van der Waals surface area contributed by atoms with Crippen LogP contribution in [0, 0.1) is 46.3 Å². The van der Waals surface area contributed by atoms with Gasteiger partial charge in [-0.3, -0.25) is 9.59 Å². The molecule has 188 valence electrons. The van der Waals surface area contributed by atoms with Gasteiger partial charge in [0.15, 0.2) is 0 Å². The fraction of sp³-hybridized carbons (Fsp3) is 0.923. The monoisotopic (exact) mass is 465 g/mol. The lowest BCUT2D eigenvalue weighted by Gasteiger charge is -2.63. The molecule has 0 aromatic carbocycles. The van der Waals surface area contributed by atoms with Gasteiger partial charge in [-0.2, -0.15) is 0 Å². The van der Waals surface area contributed by atoms with Gasteiger partial charge in [0.1, 0.15) is 6.54 Å². The smallest absolute Gasteiger partial charge is 0.322 e. The molecule has 7 heteroatoms. The number of hydrogen-bond donors (Lipinski definition) is 5. The van der Waals surface area contributed by atoms with E-state index in [9.17, 15) is 24.9 Å². The number of aliphatic carboxylic acids is 1. The van der Waals surface area contributed by atoms with Gasteiger partial charge >= 0.3 is 5.97 Å². The zero-order valence-corrected chi connectivity index (χ0v) is 20.4. The van der Waals surface area contributed by atoms with Crippen molar-refractivity contribution in [2.45, 2.75) is 96.9 Å². The Balaban J connectivity index is 1.49. The number of nitrogens with one attached hydrogen (secondary N) is 1. The highest BCUT2D eigenvalue weighted by molar-refractivity contribution is 5.81. The molecule has 1 amide bonds. The zero-order chi connectivity index (χ0) is 24.1. The maximum atomic E-state index is 12.0. The van der Waals surface area contributed by atoms with Crippen molar-refractivity contribution in [3.8, 4) is 0 Å². The molecule has 7 nitrogen and oxygen atoms in total. The van der Waals surface area contributed by atoms with E-state index in [1.165, 1.54) is 0 Å². The van der Waals surface area contributed by atoms with Gasteiger partial charge in [0.25, 0.3) is 0 Å². The van der Waals surface area contributed by atoms with E-state index in [1.54, 1.807) is 0 Å². The highest BCUT2D eigenvalue weighted by Crippen LogP contribution is 2.68. The number of amides is 1. The van der Waals surface area contributed by atoms with Crippen LogP contribution < -0.4 is 5.32 Å². The lowest BCUT2D eigenvalue weighted by atomic mass is 9.43. The van der Waals surface area contributed by atoms with Gasteiger partial charge in [0, 0.05) is 6.42 Å². The fourth-order valence-electron chi connectivity index (χ4n) is 8.95. The standard InChI is InChI=1S/C26H43NO6/c1-14(4-7-22(31)27-13-23(32)33)17-5-6-18-24-19(12-21(30)26(17,18)3)25(2)9-8-16(28)10-15(25)11-20(24)29/h14-21,24,28-30H,4-13H2,1-3H3,(H,27,31)(H,32,33)/t14-,15?,16-,17?,18?,19?,20?,21+,24?,25?,26?/m1/s1. The normalized spacial score (nSPS) is 47.7. The fourth-order valence-corrected chi connectivity index (χ4v) is 8.95. The Morgan fingerprint density at radius 2 is 1.76 bits per heavy atom. The summed E-state index contributed by atoms with van der Waals surface area (Å²) in [6, 6.07) is 0. The van der Waals surface area contributed by atoms with E-state index in [0.717, 1.165) is 38.5 Å². The van der Waals surface area contributed by atoms with Crippen LogP contribution in [0.1, 0.15) is 78.6 Å². The highest BCUT2D eigenvalue weighted by atomic mass is 16.4. The second-order valence-electron chi connectivity index (χ2n) is 12.2. The average Bonchev–Trinajstić information content (AvgIpc) is 3.11. The van der Waals surface area contributed by atoms with E-state index in [4.69, 9.17) is 5.11 Å². The van der Waals surface area contributed by atoms with Crippen molar-refractivity contribution in [3.05, 3.63) is 0 Å². The molecule has 11 atom stereocenters. The first-order valence-electron chi connectivity index (χ1n) is 13.0. The van der Waals surface area contributed by atoms with E-state index >= 15 is 0 Å². The Morgan fingerprint density at radius 1 is 1.03 bits per heavy atom. The molecule has 5 N–H and O–H groups in total. The summed E-state index contributed by atoms with van der Waals surface area (Å²) in [6.45, 7) is 6.35. The summed E-state index contributed by atoms with van der Waals surface area (Å²) in [5.41, 5.74) is -0.214. The Labute approximate surface area is 197 Å². The third-order valence-corrected chi connectivity index (χ3v) is 10.8. The van der Waals surface area contributed by atoms with Gasteiger partial charge in [-0.25, -0.2) is 0 Å². The van der Waals surface area contributed by atoms with E-state index in [0.29, 0.717) is 25.2 Å². The molecule has 4 aliphatic carbocycles. The van der Waals surface area contributed by atoms with Crippen LogP contribution in [0.5, 0.6) is 0 Å². The Hall–Kier alpha value is -1.18. The summed E-state index contributed by atoms with van der Waals surface area (Å²) in [4.78, 5) is 22.7. The van der Waals surface area contributed by atoms with Crippen LogP contribution in [0.25, 0.3) is 0 Å². The predicted molar refractivity (Wildman–Crippen MR) is 123 cm³/mol. The zero-order valence-electron chi connectivity index (χ0n) is 20.4. The van der Waals surface area contributed by atoms with Gasteiger partial charge in [-0.05, 0) is 97.7 Å². The van der Waals surface area contributed by atoms with Crippen molar-refractivity contribution >= 4 is 11.9 Å². The second-order valence-corrected chi connectivity index (χ2v) is 12.2. The molecule has 0 bridgehead atoms. The molecular formula is C26H43NO6. The third kappa shape index (κ3) is 4.23. The van der Waals surface area contributed by atoms with E-state index in [-0.39, 0.29) is 65.1 Å². The summed E-state index contributed by atoms with van der Waals surface area (Å²) < 4.78 is 0. The number of fused-ring (bicyclic) bond motifs is 5. The third-order valence-electron chi connectivity index (χ3n) is 10.8. The van der Waals surface area contributed by atoms with Crippen molar-refractivity contribution in [2.75, 3.05) is 6.54 Å². The van der Waals surface area contributed by atoms with Crippen molar-refractivity contribution in [3.63, 3.8) is 0 Å². The Kier molecular flexibility index (Phi) is 6.89. The number of hydrogen-bond acceptors (Lipinski definition) is 5. The first-order valence-corrected chi connectivity index (χ1v) is 13.0. The molecular weight excluding hydrogens is 422 g/mol. The molecule has 4 aliphatic rings. The summed E-state index contributed by atoms with van der Waals surface area (Å²) in [5, 5.41) is 44.4. The quantitative estimate of drug-likeness (QED) is 0.410. The predicted octanol–water partition coefficient (Wildman–Crippen LogP) is 2.56. The number of rotatable bonds is 6. The van der Waals surface area contributed by atoms with Gasteiger partial charge in [0.05, 0.1) is 18.3 Å². The minimum absolute atomic E-state index is 0.0668. The van der Waals surface area contributed by atoms with Gasteiger partial charge in [-0.15, -0.1) is 0 Å². The maximum absolute atomic E-state index is 12.0. The lowest BCUT2D eigenvalue weighted by Crippen LogP contribution is -2.62. The lowest BCUT2D eigenvalue weighted by molar-refractivity contribution is -0.207. The van der Waals surface area contributed by atoms with Crippen LogP contribution in [0.2, 0.25) is 0 Å². The minimum atomic E-state index is -1.04. The van der Waals surface area contributed by atoms with Crippen molar-refractivity contribution in [2.24, 2.45) is 46.3 Å². The number of aliphatic hydroxyl groups excluding tert-OH is 3. The van der Waals surface area contributed by atoms with Crippen LogP contribution in [0.15, 0.2) is 0 Å². The number of aliphatic hydroxyl groups is 3. The molecule has 4 fully saturated rings. The van der Waals surface area contributed by atoms with Gasteiger partial charge < -0.3 is 25.7 Å². The average molecular weight is 466 g/mol. The van der Waals surface area contributed by atoms with Crippen molar-refractivity contribution < 1.29 is 30.0 Å².